The summed E-state index contributed by atoms with van der Waals surface area (Å²) in [5.74, 6) is -1.01. The van der Waals surface area contributed by atoms with Gasteiger partial charge in [0.25, 0.3) is 10.0 Å². The summed E-state index contributed by atoms with van der Waals surface area (Å²) < 4.78 is 29.3. The van der Waals surface area contributed by atoms with Gasteiger partial charge >= 0.3 is 0 Å². The molecule has 0 heterocycles. The molecule has 0 aliphatic heterocycles. The number of rotatable bonds is 12. The summed E-state index contributed by atoms with van der Waals surface area (Å²) in [5.41, 5.74) is 1.26. The van der Waals surface area contributed by atoms with Crippen molar-refractivity contribution in [2.45, 2.75) is 62.0 Å². The van der Waals surface area contributed by atoms with Crippen molar-refractivity contribution in [1.82, 2.24) is 10.2 Å². The van der Waals surface area contributed by atoms with Gasteiger partial charge in [0.2, 0.25) is 11.8 Å². The summed E-state index contributed by atoms with van der Waals surface area (Å²) in [6.07, 6.45) is 4.94. The lowest BCUT2D eigenvalue weighted by Crippen LogP contribution is -2.55. The standard InChI is InChI=1S/C36H35Cl4N3O4S/c37-26-19-20-32(40)33(22-26)43(48(46,47)28-15-8-3-9-16-28)24-35(44)42(23-29-30(38)17-10-18-31(29)39)34(21-25-11-4-1-5-12-25)36(45)41-27-13-6-2-7-14-27/h1,3-5,8-12,15-20,22,27,34H,2,6-7,13-14,21,23-24H2,(H,41,45). The Kier molecular flexibility index (Phi) is 12.3. The molecule has 1 N–H and O–H groups in total. The quantitative estimate of drug-likeness (QED) is 0.157. The summed E-state index contributed by atoms with van der Waals surface area (Å²) >= 11 is 26.1. The van der Waals surface area contributed by atoms with Crippen molar-refractivity contribution in [3.05, 3.63) is 128 Å². The molecular weight excluding hydrogens is 712 g/mol. The van der Waals surface area contributed by atoms with Gasteiger partial charge in [0.05, 0.1) is 15.6 Å². The van der Waals surface area contributed by atoms with E-state index in [0.29, 0.717) is 15.6 Å². The van der Waals surface area contributed by atoms with Gasteiger partial charge in [-0.25, -0.2) is 8.42 Å². The van der Waals surface area contributed by atoms with E-state index in [1.807, 2.05) is 30.3 Å². The molecule has 1 unspecified atom stereocenters. The Morgan fingerprint density at radius 2 is 1.40 bits per heavy atom. The van der Waals surface area contributed by atoms with E-state index in [1.165, 1.54) is 35.2 Å². The summed E-state index contributed by atoms with van der Waals surface area (Å²) in [6.45, 7) is -0.850. The third-order valence-corrected chi connectivity index (χ3v) is 11.4. The molecule has 5 rings (SSSR count). The average molecular weight is 748 g/mol. The zero-order valence-corrected chi connectivity index (χ0v) is 29.8. The van der Waals surface area contributed by atoms with Crippen molar-refractivity contribution in [2.75, 3.05) is 10.8 Å². The zero-order chi connectivity index (χ0) is 34.3. The van der Waals surface area contributed by atoms with E-state index in [1.54, 1.807) is 36.4 Å². The van der Waals surface area contributed by atoms with Crippen molar-refractivity contribution in [3.63, 3.8) is 0 Å². The van der Waals surface area contributed by atoms with Crippen LogP contribution in [0.3, 0.4) is 0 Å². The molecule has 7 nitrogen and oxygen atoms in total. The van der Waals surface area contributed by atoms with Crippen LogP contribution in [0.4, 0.5) is 5.69 Å². The predicted molar refractivity (Wildman–Crippen MR) is 193 cm³/mol. The SMILES string of the molecule is O=C(NC1CCCCC1)C(Cc1ccccc1)N(Cc1c(Cl)cccc1Cl)C(=O)CN(c1cc(Cl)ccc1Cl)S(=O)(=O)c1ccccc1. The Hall–Kier alpha value is -3.27. The van der Waals surface area contributed by atoms with E-state index in [-0.39, 0.29) is 45.5 Å². The molecular formula is C36H35Cl4N3O4S. The maximum absolute atomic E-state index is 14.7. The van der Waals surface area contributed by atoms with Crippen LogP contribution >= 0.6 is 46.4 Å². The fourth-order valence-corrected chi connectivity index (χ4v) is 8.26. The number of amides is 2. The first-order valence-corrected chi connectivity index (χ1v) is 18.6. The highest BCUT2D eigenvalue weighted by Crippen LogP contribution is 2.34. The van der Waals surface area contributed by atoms with Crippen molar-refractivity contribution in [2.24, 2.45) is 0 Å². The summed E-state index contributed by atoms with van der Waals surface area (Å²) in [7, 11) is -4.35. The van der Waals surface area contributed by atoms with E-state index in [0.717, 1.165) is 42.0 Å². The minimum Gasteiger partial charge on any atom is -0.352 e. The number of carbonyl (C=O) groups is 2. The molecule has 2 amide bonds. The number of carbonyl (C=O) groups excluding carboxylic acids is 2. The molecule has 252 valence electrons. The molecule has 1 saturated carbocycles. The molecule has 0 saturated heterocycles. The lowest BCUT2D eigenvalue weighted by Gasteiger charge is -2.35. The number of benzene rings is 4. The van der Waals surface area contributed by atoms with Gasteiger partial charge in [0.15, 0.2) is 0 Å². The number of hydrogen-bond donors (Lipinski definition) is 1. The second-order valence-electron chi connectivity index (χ2n) is 11.7. The lowest BCUT2D eigenvalue weighted by atomic mass is 9.94. The zero-order valence-electron chi connectivity index (χ0n) is 26.0. The van der Waals surface area contributed by atoms with E-state index >= 15 is 0 Å². The number of nitrogens with one attached hydrogen (secondary N) is 1. The van der Waals surface area contributed by atoms with Crippen LogP contribution < -0.4 is 9.62 Å². The van der Waals surface area contributed by atoms with Gasteiger partial charge in [-0.1, -0.05) is 120 Å². The van der Waals surface area contributed by atoms with Gasteiger partial charge in [-0.05, 0) is 60.9 Å². The topological polar surface area (TPSA) is 86.8 Å². The second kappa shape index (κ2) is 16.4. The number of sulfonamides is 1. The van der Waals surface area contributed by atoms with E-state index in [2.05, 4.69) is 5.32 Å². The van der Waals surface area contributed by atoms with Crippen molar-refractivity contribution in [3.8, 4) is 0 Å². The average Bonchev–Trinajstić information content (AvgIpc) is 3.08. The molecule has 4 aromatic rings. The molecule has 1 fully saturated rings. The van der Waals surface area contributed by atoms with Crippen LogP contribution in [-0.2, 0) is 32.6 Å². The molecule has 0 bridgehead atoms. The van der Waals surface area contributed by atoms with Crippen molar-refractivity contribution < 1.29 is 18.0 Å². The van der Waals surface area contributed by atoms with Gasteiger partial charge in [0.1, 0.15) is 12.6 Å². The van der Waals surface area contributed by atoms with Crippen LogP contribution in [-0.4, -0.2) is 43.8 Å². The van der Waals surface area contributed by atoms with Crippen LogP contribution in [0.1, 0.15) is 43.2 Å². The fraction of sp³-hybridized carbons (Fsp3) is 0.278. The van der Waals surface area contributed by atoms with Gasteiger partial charge in [-0.15, -0.1) is 0 Å². The minimum atomic E-state index is -4.35. The van der Waals surface area contributed by atoms with Gasteiger partial charge in [-0.3, -0.25) is 13.9 Å². The molecule has 1 aliphatic carbocycles. The Balaban J connectivity index is 1.61. The van der Waals surface area contributed by atoms with E-state index in [9.17, 15) is 18.0 Å². The van der Waals surface area contributed by atoms with Gasteiger partial charge < -0.3 is 10.2 Å². The number of hydrogen-bond acceptors (Lipinski definition) is 4. The molecule has 12 heteroatoms. The Bertz CT molecular complexity index is 1820. The third kappa shape index (κ3) is 8.84. The molecule has 0 spiro atoms. The van der Waals surface area contributed by atoms with Crippen LogP contribution in [0.2, 0.25) is 20.1 Å². The number of halogens is 4. The first-order valence-electron chi connectivity index (χ1n) is 15.6. The Morgan fingerprint density at radius 1 is 0.771 bits per heavy atom. The third-order valence-electron chi connectivity index (χ3n) is 8.40. The smallest absolute Gasteiger partial charge is 0.264 e. The summed E-state index contributed by atoms with van der Waals surface area (Å²) in [5, 5.41) is 4.08. The molecule has 48 heavy (non-hydrogen) atoms. The molecule has 1 aliphatic rings. The van der Waals surface area contributed by atoms with Crippen LogP contribution in [0, 0.1) is 0 Å². The van der Waals surface area contributed by atoms with E-state index in [4.69, 9.17) is 46.4 Å². The highest BCUT2D eigenvalue weighted by atomic mass is 35.5. The van der Waals surface area contributed by atoms with Crippen LogP contribution in [0.5, 0.6) is 0 Å². The van der Waals surface area contributed by atoms with Crippen LogP contribution in [0.25, 0.3) is 0 Å². The number of anilines is 1. The van der Waals surface area contributed by atoms with Gasteiger partial charge in [0, 0.05) is 39.6 Å². The number of nitrogens with zero attached hydrogens (tertiary/aromatic N) is 2. The van der Waals surface area contributed by atoms with E-state index < -0.39 is 28.5 Å². The predicted octanol–water partition coefficient (Wildman–Crippen LogP) is 8.58. The van der Waals surface area contributed by atoms with Crippen molar-refractivity contribution in [1.29, 1.82) is 0 Å². The second-order valence-corrected chi connectivity index (χ2v) is 15.2. The molecule has 1 atom stereocenters. The minimum absolute atomic E-state index is 0.0170. The Labute approximate surface area is 301 Å². The molecule has 0 radical (unpaired) electrons. The van der Waals surface area contributed by atoms with Gasteiger partial charge in [-0.2, -0.15) is 0 Å². The first kappa shape index (κ1) is 36.0. The highest BCUT2D eigenvalue weighted by Gasteiger charge is 2.36. The first-order chi connectivity index (χ1) is 23.0. The Morgan fingerprint density at radius 3 is 2.04 bits per heavy atom. The van der Waals surface area contributed by atoms with Crippen molar-refractivity contribution >= 4 is 73.9 Å². The maximum Gasteiger partial charge on any atom is 0.264 e. The summed E-state index contributed by atoms with van der Waals surface area (Å²) in [6, 6.07) is 25.4. The maximum atomic E-state index is 14.7. The summed E-state index contributed by atoms with van der Waals surface area (Å²) in [4.78, 5) is 30.3. The van der Waals surface area contributed by atoms with Crippen LogP contribution in [0.15, 0.2) is 102 Å². The molecule has 0 aromatic heterocycles. The fourth-order valence-electron chi connectivity index (χ4n) is 5.86. The lowest BCUT2D eigenvalue weighted by molar-refractivity contribution is -0.140. The molecule has 4 aromatic carbocycles. The largest absolute Gasteiger partial charge is 0.352 e. The highest BCUT2D eigenvalue weighted by molar-refractivity contribution is 7.92. The monoisotopic (exact) mass is 745 g/mol. The normalized spacial score (nSPS) is 14.2.